The Morgan fingerprint density at radius 1 is 1.13 bits per heavy atom. The van der Waals surface area contributed by atoms with Crippen LogP contribution >= 0.6 is 12.2 Å². The number of carbonyl (C=O) groups is 1. The van der Waals surface area contributed by atoms with E-state index in [0.29, 0.717) is 11.5 Å². The van der Waals surface area contributed by atoms with E-state index in [2.05, 4.69) is 15.4 Å². The summed E-state index contributed by atoms with van der Waals surface area (Å²) in [6, 6.07) is 18.4. The molecule has 0 amide bonds. The monoisotopic (exact) mass is 324 g/mol. The minimum atomic E-state index is -0.614. The van der Waals surface area contributed by atoms with Crippen molar-refractivity contribution in [3.63, 3.8) is 0 Å². The molecule has 0 unspecified atom stereocenters. The number of thiocarbonyl (C=S) groups is 1. The van der Waals surface area contributed by atoms with Gasteiger partial charge in [0.15, 0.2) is 5.11 Å². The second kappa shape index (κ2) is 8.58. The van der Waals surface area contributed by atoms with Gasteiger partial charge in [-0.15, -0.1) is 0 Å². The van der Waals surface area contributed by atoms with Gasteiger partial charge in [0.05, 0.1) is 0 Å². The Hall–Kier alpha value is -2.82. The van der Waals surface area contributed by atoms with E-state index in [1.807, 2.05) is 60.7 Å². The summed E-state index contributed by atoms with van der Waals surface area (Å²) >= 11 is 5.25. The maximum Gasteiger partial charge on any atom is 0.325 e. The minimum Gasteiger partial charge on any atom is -0.361 e. The lowest BCUT2D eigenvalue weighted by atomic mass is 10.0. The van der Waals surface area contributed by atoms with Gasteiger partial charge >= 0.3 is 6.21 Å². The molecule has 0 aliphatic carbocycles. The fraction of sp³-hybridized carbons (Fsp3) is 0.118. The second-order valence-corrected chi connectivity index (χ2v) is 5.26. The summed E-state index contributed by atoms with van der Waals surface area (Å²) in [7, 11) is 0. The molecule has 2 aromatic rings. The zero-order valence-corrected chi connectivity index (χ0v) is 13.2. The molecule has 23 heavy (non-hydrogen) atoms. The number of hydrogen-bond donors (Lipinski definition) is 2. The number of para-hydroxylation sites is 1. The fourth-order valence-electron chi connectivity index (χ4n) is 2.07. The van der Waals surface area contributed by atoms with Crippen LogP contribution in [0, 0.1) is 0 Å². The van der Waals surface area contributed by atoms with Gasteiger partial charge in [-0.2, -0.15) is 4.79 Å². The Bertz CT molecular complexity index is 712. The summed E-state index contributed by atoms with van der Waals surface area (Å²) in [5.41, 5.74) is 10.4. The molecule has 6 heteroatoms. The highest BCUT2D eigenvalue weighted by Gasteiger charge is 2.21. The highest BCUT2D eigenvalue weighted by Crippen LogP contribution is 2.07. The molecular formula is C17H16N4OS. The highest BCUT2D eigenvalue weighted by molar-refractivity contribution is 7.80. The lowest BCUT2D eigenvalue weighted by Gasteiger charge is -2.17. The molecule has 116 valence electrons. The number of hydrogen-bond acceptors (Lipinski definition) is 2. The molecule has 0 aliphatic heterocycles. The summed E-state index contributed by atoms with van der Waals surface area (Å²) in [5, 5.41) is 6.31. The van der Waals surface area contributed by atoms with Crippen LogP contribution in [0.3, 0.4) is 0 Å². The van der Waals surface area contributed by atoms with Gasteiger partial charge < -0.3 is 16.2 Å². The predicted octanol–water partition coefficient (Wildman–Crippen LogP) is 2.45. The molecule has 0 aromatic heterocycles. The van der Waals surface area contributed by atoms with Crippen LogP contribution in [0.4, 0.5) is 5.69 Å². The third-order valence-corrected chi connectivity index (χ3v) is 3.37. The average Bonchev–Trinajstić information content (AvgIpc) is 2.56. The fourth-order valence-corrected chi connectivity index (χ4v) is 2.33. The van der Waals surface area contributed by atoms with Crippen molar-refractivity contribution in [2.45, 2.75) is 12.5 Å². The van der Waals surface area contributed by atoms with Crippen molar-refractivity contribution in [2.75, 3.05) is 5.32 Å². The number of ketones is 1. The molecule has 5 nitrogen and oxygen atoms in total. The van der Waals surface area contributed by atoms with E-state index in [9.17, 15) is 4.79 Å². The summed E-state index contributed by atoms with van der Waals surface area (Å²) in [6.45, 7) is 0. The van der Waals surface area contributed by atoms with Gasteiger partial charge in [-0.3, -0.25) is 4.79 Å². The zero-order valence-electron chi connectivity index (χ0n) is 12.3. The molecule has 0 aliphatic rings. The molecule has 1 atom stereocenters. The smallest absolute Gasteiger partial charge is 0.325 e. The van der Waals surface area contributed by atoms with Gasteiger partial charge in [0.25, 0.3) is 5.78 Å². The lowest BCUT2D eigenvalue weighted by molar-refractivity contribution is -0.117. The number of Topliss-reactive ketones (excluding diaryl/α,β-unsaturated/α-hetero) is 1. The van der Waals surface area contributed by atoms with E-state index in [1.165, 1.54) is 0 Å². The van der Waals surface area contributed by atoms with Crippen molar-refractivity contribution in [3.05, 3.63) is 71.8 Å². The Balaban J connectivity index is 2.06. The topological polar surface area (TPSA) is 77.5 Å². The van der Waals surface area contributed by atoms with E-state index < -0.39 is 6.04 Å². The molecule has 0 saturated carbocycles. The normalized spacial score (nSPS) is 11.0. The Kier molecular flexibility index (Phi) is 6.17. The van der Waals surface area contributed by atoms with Crippen LogP contribution in [-0.4, -0.2) is 27.9 Å². The molecule has 2 aromatic carbocycles. The van der Waals surface area contributed by atoms with Gasteiger partial charge in [-0.05, 0) is 29.9 Å². The van der Waals surface area contributed by atoms with Crippen molar-refractivity contribution in [2.24, 2.45) is 0 Å². The maximum atomic E-state index is 12.1. The number of nitrogens with one attached hydrogen (secondary N) is 2. The second-order valence-electron chi connectivity index (χ2n) is 4.85. The first-order valence-corrected chi connectivity index (χ1v) is 7.47. The highest BCUT2D eigenvalue weighted by atomic mass is 32.1. The third kappa shape index (κ3) is 5.47. The first-order chi connectivity index (χ1) is 11.2. The largest absolute Gasteiger partial charge is 0.361 e. The number of nitrogens with zero attached hydrogens (tertiary/aromatic N) is 2. The van der Waals surface area contributed by atoms with E-state index in [4.69, 9.17) is 17.7 Å². The van der Waals surface area contributed by atoms with Crippen LogP contribution < -0.4 is 10.6 Å². The standard InChI is InChI=1S/C17H16N4OS/c18-19-12-16(22)15(11-13-7-3-1-4-8-13)21-17(23)20-14-9-5-2-6-10-14/h1-10,12,15H,11H2,(H2,20,21,23)/t15-/m0/s1. The maximum absolute atomic E-state index is 12.1. The Morgan fingerprint density at radius 2 is 1.74 bits per heavy atom. The van der Waals surface area contributed by atoms with Gasteiger partial charge in [-0.1, -0.05) is 48.5 Å². The van der Waals surface area contributed by atoms with Gasteiger partial charge in [0, 0.05) is 12.1 Å². The Morgan fingerprint density at radius 3 is 2.35 bits per heavy atom. The molecule has 0 heterocycles. The molecule has 2 rings (SSSR count). The molecule has 0 fully saturated rings. The number of anilines is 1. The third-order valence-electron chi connectivity index (χ3n) is 3.15. The van der Waals surface area contributed by atoms with Crippen LogP contribution in [0.1, 0.15) is 5.56 Å². The molecule has 0 radical (unpaired) electrons. The van der Waals surface area contributed by atoms with Crippen LogP contribution in [0.25, 0.3) is 5.53 Å². The molecule has 0 bridgehead atoms. The van der Waals surface area contributed by atoms with Crippen molar-refractivity contribution in [1.82, 2.24) is 5.32 Å². The van der Waals surface area contributed by atoms with Crippen molar-refractivity contribution in [1.29, 1.82) is 0 Å². The van der Waals surface area contributed by atoms with E-state index in [-0.39, 0.29) is 5.78 Å². The number of carbonyl (C=O) groups excluding carboxylic acids is 1. The average molecular weight is 324 g/mol. The zero-order chi connectivity index (χ0) is 16.5. The van der Waals surface area contributed by atoms with Crippen molar-refractivity contribution >= 4 is 35.0 Å². The van der Waals surface area contributed by atoms with Crippen molar-refractivity contribution in [3.8, 4) is 0 Å². The van der Waals surface area contributed by atoms with Crippen molar-refractivity contribution < 1.29 is 9.58 Å². The molecular weight excluding hydrogens is 308 g/mol. The van der Waals surface area contributed by atoms with Crippen LogP contribution in [0.5, 0.6) is 0 Å². The lowest BCUT2D eigenvalue weighted by Crippen LogP contribution is -2.44. The predicted molar refractivity (Wildman–Crippen MR) is 94.4 cm³/mol. The first kappa shape index (κ1) is 16.5. The molecule has 2 N–H and O–H groups in total. The van der Waals surface area contributed by atoms with E-state index >= 15 is 0 Å². The quantitative estimate of drug-likeness (QED) is 0.370. The van der Waals surface area contributed by atoms with Gasteiger partial charge in [0.2, 0.25) is 0 Å². The van der Waals surface area contributed by atoms with Crippen LogP contribution in [0.2, 0.25) is 0 Å². The van der Waals surface area contributed by atoms with Gasteiger partial charge in [-0.25, -0.2) is 0 Å². The van der Waals surface area contributed by atoms with E-state index in [1.54, 1.807) is 0 Å². The van der Waals surface area contributed by atoms with Gasteiger partial charge in [0.1, 0.15) is 6.04 Å². The molecule has 0 saturated heterocycles. The van der Waals surface area contributed by atoms with Crippen LogP contribution in [0.15, 0.2) is 60.7 Å². The first-order valence-electron chi connectivity index (χ1n) is 7.07. The summed E-state index contributed by atoms with van der Waals surface area (Å²) in [6.07, 6.45) is 1.31. The minimum absolute atomic E-state index is 0.330. The number of benzene rings is 2. The summed E-state index contributed by atoms with van der Waals surface area (Å²) < 4.78 is 0. The molecule has 0 spiro atoms. The summed E-state index contributed by atoms with van der Waals surface area (Å²) in [5.74, 6) is -0.353. The van der Waals surface area contributed by atoms with Crippen LogP contribution in [-0.2, 0) is 11.2 Å². The summed E-state index contributed by atoms with van der Waals surface area (Å²) in [4.78, 5) is 14.9. The Labute approximate surface area is 140 Å². The SMILES string of the molecule is [N-]=[N+]=CC(=O)[C@H](Cc1ccccc1)NC(=S)Nc1ccccc1. The number of rotatable bonds is 6. The van der Waals surface area contributed by atoms with E-state index in [0.717, 1.165) is 17.5 Å².